The van der Waals surface area contributed by atoms with Crippen LogP contribution in [0.5, 0.6) is 0 Å². The number of hydrogen-bond donors (Lipinski definition) is 2. The van der Waals surface area contributed by atoms with Crippen LogP contribution in [-0.4, -0.2) is 17.6 Å². The Hall–Kier alpha value is -3.97. The van der Waals surface area contributed by atoms with Crippen molar-refractivity contribution < 1.29 is 14.4 Å². The van der Waals surface area contributed by atoms with Gasteiger partial charge in [-0.2, -0.15) is 0 Å². The van der Waals surface area contributed by atoms with E-state index in [4.69, 9.17) is 23.2 Å². The van der Waals surface area contributed by atoms with Crippen molar-refractivity contribution in [3.05, 3.63) is 146 Å². The first-order valence-electron chi connectivity index (χ1n) is 11.7. The second-order valence-electron chi connectivity index (χ2n) is 8.29. The summed E-state index contributed by atoms with van der Waals surface area (Å²) in [6.07, 6.45) is 4.54. The van der Waals surface area contributed by atoms with E-state index in [0.717, 1.165) is 10.0 Å². The largest absolute Gasteiger partial charge is 0.321 e. The van der Waals surface area contributed by atoms with Gasteiger partial charge in [0.25, 0.3) is 11.8 Å². The molecule has 0 aliphatic heterocycles. The summed E-state index contributed by atoms with van der Waals surface area (Å²) in [4.78, 5) is 38.6. The number of benzene rings is 4. The summed E-state index contributed by atoms with van der Waals surface area (Å²) in [5.41, 5.74) is 2.62. The van der Waals surface area contributed by atoms with Gasteiger partial charge in [0.1, 0.15) is 5.70 Å². The molecule has 0 bridgehead atoms. The molecule has 0 radical (unpaired) electrons. The van der Waals surface area contributed by atoms with Gasteiger partial charge in [-0.15, -0.1) is 0 Å². The molecule has 0 heterocycles. The maximum Gasteiger partial charge on any atom is 0.272 e. The number of allylic oxidation sites excluding steroid dienone is 1. The Labute approximate surface area is 244 Å². The fourth-order valence-corrected chi connectivity index (χ4v) is 4.30. The molecule has 0 saturated carbocycles. The number of carbonyl (C=O) groups is 3. The van der Waals surface area contributed by atoms with Crippen LogP contribution in [0, 0.1) is 0 Å². The molecular formula is C31H21BrCl2N2O3. The van der Waals surface area contributed by atoms with Crippen LogP contribution >= 0.6 is 39.1 Å². The smallest absolute Gasteiger partial charge is 0.272 e. The van der Waals surface area contributed by atoms with E-state index in [2.05, 4.69) is 26.6 Å². The van der Waals surface area contributed by atoms with Gasteiger partial charge in [0.15, 0.2) is 5.78 Å². The minimum atomic E-state index is -0.519. The van der Waals surface area contributed by atoms with Crippen molar-refractivity contribution in [1.82, 2.24) is 5.32 Å². The molecule has 8 heteroatoms. The van der Waals surface area contributed by atoms with Crippen molar-refractivity contribution in [2.45, 2.75) is 0 Å². The second kappa shape index (κ2) is 13.2. The molecule has 4 aromatic rings. The lowest BCUT2D eigenvalue weighted by molar-refractivity contribution is -0.113. The van der Waals surface area contributed by atoms with Gasteiger partial charge in [0, 0.05) is 36.9 Å². The lowest BCUT2D eigenvalue weighted by atomic mass is 10.1. The fourth-order valence-electron chi connectivity index (χ4n) is 3.51. The summed E-state index contributed by atoms with van der Waals surface area (Å²) >= 11 is 15.7. The van der Waals surface area contributed by atoms with Gasteiger partial charge in [-0.3, -0.25) is 14.4 Å². The minimum absolute atomic E-state index is 0.0610. The van der Waals surface area contributed by atoms with Crippen molar-refractivity contribution in [3.8, 4) is 0 Å². The van der Waals surface area contributed by atoms with E-state index in [1.807, 2.05) is 24.3 Å². The highest BCUT2D eigenvalue weighted by Gasteiger charge is 2.15. The van der Waals surface area contributed by atoms with Crippen LogP contribution in [0.1, 0.15) is 31.8 Å². The third kappa shape index (κ3) is 7.77. The number of anilines is 1. The highest BCUT2D eigenvalue weighted by atomic mass is 79.9. The van der Waals surface area contributed by atoms with Crippen molar-refractivity contribution in [2.24, 2.45) is 0 Å². The van der Waals surface area contributed by atoms with Gasteiger partial charge in [-0.05, 0) is 84.5 Å². The van der Waals surface area contributed by atoms with Crippen molar-refractivity contribution in [1.29, 1.82) is 0 Å². The number of ketones is 1. The van der Waals surface area contributed by atoms with Crippen LogP contribution in [0.4, 0.5) is 5.69 Å². The summed E-state index contributed by atoms with van der Waals surface area (Å²) in [5.74, 6) is -1.19. The quantitative estimate of drug-likeness (QED) is 0.155. The molecule has 0 atom stereocenters. The lowest BCUT2D eigenvalue weighted by Crippen LogP contribution is -2.30. The van der Waals surface area contributed by atoms with Gasteiger partial charge >= 0.3 is 0 Å². The Balaban J connectivity index is 1.50. The van der Waals surface area contributed by atoms with E-state index in [0.29, 0.717) is 32.4 Å². The number of nitrogens with one attached hydrogen (secondary N) is 2. The zero-order valence-corrected chi connectivity index (χ0v) is 23.4. The van der Waals surface area contributed by atoms with Crippen LogP contribution in [0.3, 0.4) is 0 Å². The molecule has 2 N–H and O–H groups in total. The second-order valence-corrected chi connectivity index (χ2v) is 10.0. The number of hydrogen-bond acceptors (Lipinski definition) is 3. The molecule has 0 aromatic heterocycles. The van der Waals surface area contributed by atoms with Crippen LogP contribution in [-0.2, 0) is 4.79 Å². The molecule has 2 amide bonds. The minimum Gasteiger partial charge on any atom is -0.321 e. The maximum atomic E-state index is 13.2. The monoisotopic (exact) mass is 618 g/mol. The molecule has 0 aliphatic carbocycles. The van der Waals surface area contributed by atoms with Crippen LogP contribution < -0.4 is 10.6 Å². The topological polar surface area (TPSA) is 75.3 Å². The highest BCUT2D eigenvalue weighted by Crippen LogP contribution is 2.25. The van der Waals surface area contributed by atoms with Gasteiger partial charge < -0.3 is 10.6 Å². The van der Waals surface area contributed by atoms with Crippen LogP contribution in [0.15, 0.2) is 113 Å². The summed E-state index contributed by atoms with van der Waals surface area (Å²) in [6.45, 7) is 0. The number of rotatable bonds is 8. The zero-order chi connectivity index (χ0) is 27.8. The van der Waals surface area contributed by atoms with E-state index >= 15 is 0 Å². The van der Waals surface area contributed by atoms with Crippen LogP contribution in [0.25, 0.3) is 12.2 Å². The molecule has 0 fully saturated rings. The van der Waals surface area contributed by atoms with Gasteiger partial charge in [0.2, 0.25) is 0 Å². The summed E-state index contributed by atoms with van der Waals surface area (Å²) in [6, 6.07) is 27.4. The van der Waals surface area contributed by atoms with Gasteiger partial charge in [-0.25, -0.2) is 0 Å². The SMILES string of the molecule is O=C(Nc1ccc(C(=O)/C=C/c2c(Cl)cccc2Cl)cc1)/C(=C/c1ccc(Br)cc1)NC(=O)c1ccccc1. The Morgan fingerprint density at radius 3 is 2.00 bits per heavy atom. The number of amides is 2. The molecule has 5 nitrogen and oxygen atoms in total. The molecule has 0 spiro atoms. The first-order valence-corrected chi connectivity index (χ1v) is 13.3. The molecule has 0 saturated heterocycles. The Morgan fingerprint density at radius 1 is 0.718 bits per heavy atom. The Kier molecular flexibility index (Phi) is 9.49. The molecule has 0 aliphatic rings. The summed E-state index contributed by atoms with van der Waals surface area (Å²) < 4.78 is 0.887. The van der Waals surface area contributed by atoms with Crippen molar-refractivity contribution in [3.63, 3.8) is 0 Å². The first kappa shape index (κ1) is 28.0. The van der Waals surface area contributed by atoms with E-state index in [1.165, 1.54) is 6.08 Å². The van der Waals surface area contributed by atoms with Gasteiger partial charge in [0.05, 0.1) is 0 Å². The van der Waals surface area contributed by atoms with Crippen molar-refractivity contribution >= 4 is 74.6 Å². The average molecular weight is 620 g/mol. The van der Waals surface area contributed by atoms with E-state index in [1.54, 1.807) is 84.9 Å². The van der Waals surface area contributed by atoms with E-state index in [-0.39, 0.29) is 11.5 Å². The predicted octanol–water partition coefficient (Wildman–Crippen LogP) is 8.06. The van der Waals surface area contributed by atoms with E-state index < -0.39 is 11.8 Å². The molecule has 4 aromatic carbocycles. The van der Waals surface area contributed by atoms with Gasteiger partial charge in [-0.1, -0.05) is 75.5 Å². The molecule has 194 valence electrons. The highest BCUT2D eigenvalue weighted by molar-refractivity contribution is 9.10. The normalized spacial score (nSPS) is 11.3. The summed E-state index contributed by atoms with van der Waals surface area (Å²) in [5, 5.41) is 6.36. The van der Waals surface area contributed by atoms with Crippen LogP contribution in [0.2, 0.25) is 10.0 Å². The fraction of sp³-hybridized carbons (Fsp3) is 0. The number of halogens is 3. The average Bonchev–Trinajstić information content (AvgIpc) is 2.94. The predicted molar refractivity (Wildman–Crippen MR) is 161 cm³/mol. The third-order valence-electron chi connectivity index (χ3n) is 5.54. The molecule has 39 heavy (non-hydrogen) atoms. The molecular weight excluding hydrogens is 599 g/mol. The third-order valence-corrected chi connectivity index (χ3v) is 6.73. The zero-order valence-electron chi connectivity index (χ0n) is 20.3. The summed E-state index contributed by atoms with van der Waals surface area (Å²) in [7, 11) is 0. The lowest BCUT2D eigenvalue weighted by Gasteiger charge is -2.12. The maximum absolute atomic E-state index is 13.2. The van der Waals surface area contributed by atoms with E-state index in [9.17, 15) is 14.4 Å². The standard InChI is InChI=1S/C31H21BrCl2N2O3/c32-23-13-9-20(10-14-23)19-28(36-30(38)22-5-2-1-3-6-22)31(39)35-24-15-11-21(12-16-24)29(37)18-17-25-26(33)7-4-8-27(25)34/h1-19H,(H,35,39)(H,36,38)/b18-17+,28-19-. The molecule has 4 rings (SSSR count). The Bertz CT molecular complexity index is 1550. The van der Waals surface area contributed by atoms with Crippen molar-refractivity contribution in [2.75, 3.05) is 5.32 Å². The Morgan fingerprint density at radius 2 is 1.36 bits per heavy atom. The molecule has 0 unspecified atom stereocenters. The first-order chi connectivity index (χ1) is 18.8. The number of carbonyl (C=O) groups excluding carboxylic acids is 3.